The van der Waals surface area contributed by atoms with Crippen LogP contribution in [-0.4, -0.2) is 16.9 Å². The summed E-state index contributed by atoms with van der Waals surface area (Å²) < 4.78 is 0. The van der Waals surface area contributed by atoms with E-state index in [2.05, 4.69) is 47.8 Å². The van der Waals surface area contributed by atoms with Gasteiger partial charge in [-0.3, -0.25) is 9.78 Å². The van der Waals surface area contributed by atoms with E-state index in [-0.39, 0.29) is 23.8 Å². The van der Waals surface area contributed by atoms with Crippen molar-refractivity contribution in [2.45, 2.75) is 43.6 Å². The lowest BCUT2D eigenvalue weighted by atomic mass is 9.65. The van der Waals surface area contributed by atoms with E-state index in [1.165, 1.54) is 18.4 Å². The molecular formula is C30H27ClN2O. The molecule has 1 aliphatic heterocycles. The molecule has 1 aromatic heterocycles. The van der Waals surface area contributed by atoms with Gasteiger partial charge in [-0.15, -0.1) is 0 Å². The molecule has 6 rings (SSSR count). The predicted molar refractivity (Wildman–Crippen MR) is 138 cm³/mol. The first kappa shape index (κ1) is 21.4. The summed E-state index contributed by atoms with van der Waals surface area (Å²) in [6.45, 7) is 0. The number of hydrogen-bond donors (Lipinski definition) is 1. The van der Waals surface area contributed by atoms with Gasteiger partial charge >= 0.3 is 0 Å². The number of nitrogens with zero attached hydrogens (tertiary/aromatic N) is 1. The van der Waals surface area contributed by atoms with Crippen LogP contribution in [0.15, 0.2) is 84.9 Å². The number of rotatable bonds is 3. The van der Waals surface area contributed by atoms with Gasteiger partial charge in [0.05, 0.1) is 17.1 Å². The molecule has 2 aliphatic rings. The highest BCUT2D eigenvalue weighted by atomic mass is 35.5. The average Bonchev–Trinajstić information content (AvgIpc) is 2.88. The van der Waals surface area contributed by atoms with Gasteiger partial charge in [0.25, 0.3) is 0 Å². The second-order valence-corrected chi connectivity index (χ2v) is 10.0. The molecule has 0 bridgehead atoms. The zero-order valence-corrected chi connectivity index (χ0v) is 19.7. The number of amides is 1. The number of carbonyl (C=O) groups excluding carboxylic acids is 1. The standard InChI is InChI=1S/C30H27ClN2O/c31-21-15-16-26-24(17-21)23(19-9-3-1-4-10-19)18-27(32-26)29-28(20-11-5-2-6-12-20)22-13-7-8-14-25(22)33-30(29)34/h1-6,9-12,15-18,22,25,28-29H,7-8,13-14H2,(H,33,34). The highest BCUT2D eigenvalue weighted by Crippen LogP contribution is 2.48. The first-order chi connectivity index (χ1) is 16.7. The van der Waals surface area contributed by atoms with Gasteiger partial charge < -0.3 is 5.32 Å². The number of pyridine rings is 1. The van der Waals surface area contributed by atoms with Crippen molar-refractivity contribution in [3.8, 4) is 11.1 Å². The number of nitrogens with one attached hydrogen (secondary N) is 1. The molecule has 2 fully saturated rings. The first-order valence-electron chi connectivity index (χ1n) is 12.2. The van der Waals surface area contributed by atoms with Crippen molar-refractivity contribution in [3.63, 3.8) is 0 Å². The third-order valence-electron chi connectivity index (χ3n) is 7.63. The predicted octanol–water partition coefficient (Wildman–Crippen LogP) is 7.11. The van der Waals surface area contributed by atoms with Crippen LogP contribution in [0.4, 0.5) is 0 Å². The van der Waals surface area contributed by atoms with Crippen molar-refractivity contribution < 1.29 is 4.79 Å². The summed E-state index contributed by atoms with van der Waals surface area (Å²) in [4.78, 5) is 18.8. The van der Waals surface area contributed by atoms with Gasteiger partial charge in [-0.05, 0) is 59.7 Å². The normalized spacial score (nSPS) is 24.4. The summed E-state index contributed by atoms with van der Waals surface area (Å²) in [6.07, 6.45) is 4.59. The Bertz CT molecular complexity index is 1340. The fourth-order valence-corrected chi connectivity index (χ4v) is 6.29. The monoisotopic (exact) mass is 466 g/mol. The van der Waals surface area contributed by atoms with Crippen LogP contribution in [0.25, 0.3) is 22.0 Å². The number of fused-ring (bicyclic) bond motifs is 2. The maximum atomic E-state index is 13.7. The molecule has 0 radical (unpaired) electrons. The Morgan fingerprint density at radius 1 is 0.853 bits per heavy atom. The average molecular weight is 467 g/mol. The Balaban J connectivity index is 1.56. The lowest BCUT2D eigenvalue weighted by Gasteiger charge is -2.45. The molecule has 2 heterocycles. The Morgan fingerprint density at radius 2 is 1.59 bits per heavy atom. The van der Waals surface area contributed by atoms with E-state index in [0.717, 1.165) is 40.6 Å². The Labute approximate surface area is 205 Å². The van der Waals surface area contributed by atoms with Crippen LogP contribution in [0.3, 0.4) is 0 Å². The second kappa shape index (κ2) is 8.88. The summed E-state index contributed by atoms with van der Waals surface area (Å²) in [7, 11) is 0. The molecule has 1 aliphatic carbocycles. The van der Waals surface area contributed by atoms with Crippen LogP contribution < -0.4 is 5.32 Å². The SMILES string of the molecule is O=C1NC2CCCCC2C(c2ccccc2)C1c1cc(-c2ccccc2)c2cc(Cl)ccc2n1. The largest absolute Gasteiger partial charge is 0.352 e. The van der Waals surface area contributed by atoms with E-state index in [1.807, 2.05) is 42.5 Å². The van der Waals surface area contributed by atoms with Crippen molar-refractivity contribution in [1.29, 1.82) is 0 Å². The summed E-state index contributed by atoms with van der Waals surface area (Å²) in [5, 5.41) is 5.07. The maximum Gasteiger partial charge on any atom is 0.230 e. The molecule has 34 heavy (non-hydrogen) atoms. The number of benzene rings is 3. The molecule has 4 heteroatoms. The van der Waals surface area contributed by atoms with Crippen LogP contribution >= 0.6 is 11.6 Å². The number of hydrogen-bond acceptors (Lipinski definition) is 2. The summed E-state index contributed by atoms with van der Waals surface area (Å²) in [5.41, 5.74) is 5.10. The van der Waals surface area contributed by atoms with E-state index in [4.69, 9.17) is 16.6 Å². The van der Waals surface area contributed by atoms with E-state index in [1.54, 1.807) is 0 Å². The van der Waals surface area contributed by atoms with Gasteiger partial charge in [-0.1, -0.05) is 85.1 Å². The van der Waals surface area contributed by atoms with Crippen LogP contribution in [0.1, 0.15) is 48.8 Å². The number of aromatic nitrogens is 1. The summed E-state index contributed by atoms with van der Waals surface area (Å²) in [5.74, 6) is 0.295. The van der Waals surface area contributed by atoms with Gasteiger partial charge in [-0.2, -0.15) is 0 Å². The van der Waals surface area contributed by atoms with Gasteiger partial charge in [0.1, 0.15) is 0 Å². The van der Waals surface area contributed by atoms with Crippen LogP contribution in [0, 0.1) is 5.92 Å². The van der Waals surface area contributed by atoms with Gasteiger partial charge in [0.15, 0.2) is 0 Å². The fraction of sp³-hybridized carbons (Fsp3) is 0.267. The third-order valence-corrected chi connectivity index (χ3v) is 7.86. The zero-order valence-electron chi connectivity index (χ0n) is 19.0. The second-order valence-electron chi connectivity index (χ2n) is 9.60. The quantitative estimate of drug-likeness (QED) is 0.349. The molecule has 3 nitrogen and oxygen atoms in total. The highest BCUT2D eigenvalue weighted by Gasteiger charge is 2.46. The van der Waals surface area contributed by atoms with Gasteiger partial charge in [0.2, 0.25) is 5.91 Å². The van der Waals surface area contributed by atoms with Crippen molar-refractivity contribution in [2.24, 2.45) is 5.92 Å². The number of piperidine rings is 1. The Hall–Kier alpha value is -3.17. The number of carbonyl (C=O) groups is 1. The Morgan fingerprint density at radius 3 is 2.38 bits per heavy atom. The van der Waals surface area contributed by atoms with E-state index in [9.17, 15) is 4.79 Å². The van der Waals surface area contributed by atoms with Crippen LogP contribution in [0.2, 0.25) is 5.02 Å². The van der Waals surface area contributed by atoms with Crippen molar-refractivity contribution in [3.05, 3.63) is 101 Å². The van der Waals surface area contributed by atoms with Gasteiger partial charge in [0, 0.05) is 22.4 Å². The summed E-state index contributed by atoms with van der Waals surface area (Å²) in [6, 6.07) is 29.1. The minimum Gasteiger partial charge on any atom is -0.352 e. The van der Waals surface area contributed by atoms with Crippen LogP contribution in [0.5, 0.6) is 0 Å². The molecule has 4 atom stereocenters. The van der Waals surface area contributed by atoms with E-state index < -0.39 is 0 Å². The van der Waals surface area contributed by atoms with Crippen LogP contribution in [-0.2, 0) is 4.79 Å². The summed E-state index contributed by atoms with van der Waals surface area (Å²) >= 11 is 6.38. The zero-order chi connectivity index (χ0) is 23.1. The van der Waals surface area contributed by atoms with E-state index >= 15 is 0 Å². The number of halogens is 1. The molecule has 3 aromatic carbocycles. The fourth-order valence-electron chi connectivity index (χ4n) is 6.12. The minimum atomic E-state index is -0.329. The molecule has 1 saturated carbocycles. The van der Waals surface area contributed by atoms with Gasteiger partial charge in [-0.25, -0.2) is 0 Å². The topological polar surface area (TPSA) is 42.0 Å². The minimum absolute atomic E-state index is 0.0943. The first-order valence-corrected chi connectivity index (χ1v) is 12.6. The van der Waals surface area contributed by atoms with E-state index in [0.29, 0.717) is 10.9 Å². The maximum absolute atomic E-state index is 13.7. The van der Waals surface area contributed by atoms with Crippen molar-refractivity contribution in [1.82, 2.24) is 10.3 Å². The molecule has 1 saturated heterocycles. The molecule has 170 valence electrons. The lowest BCUT2D eigenvalue weighted by Crippen LogP contribution is -2.53. The highest BCUT2D eigenvalue weighted by molar-refractivity contribution is 6.31. The molecule has 0 spiro atoms. The van der Waals surface area contributed by atoms with Crippen molar-refractivity contribution >= 4 is 28.4 Å². The van der Waals surface area contributed by atoms with Crippen molar-refractivity contribution in [2.75, 3.05) is 0 Å². The smallest absolute Gasteiger partial charge is 0.230 e. The molecular weight excluding hydrogens is 440 g/mol. The molecule has 1 amide bonds. The lowest BCUT2D eigenvalue weighted by molar-refractivity contribution is -0.127. The Kier molecular flexibility index (Phi) is 5.58. The molecule has 4 aromatic rings. The molecule has 1 N–H and O–H groups in total. The molecule has 4 unspecified atom stereocenters. The third kappa shape index (κ3) is 3.78.